The van der Waals surface area contributed by atoms with E-state index < -0.39 is 38.6 Å². The van der Waals surface area contributed by atoms with Crippen LogP contribution >= 0.6 is 23.2 Å². The van der Waals surface area contributed by atoms with Gasteiger partial charge < -0.3 is 9.88 Å². The summed E-state index contributed by atoms with van der Waals surface area (Å²) in [6.45, 7) is 1.17. The van der Waals surface area contributed by atoms with E-state index >= 15 is 0 Å². The number of aryl methyl sites for hydroxylation is 1. The predicted octanol–water partition coefficient (Wildman–Crippen LogP) is 1.43. The average molecular weight is 463 g/mol. The quantitative estimate of drug-likeness (QED) is 0.668. The van der Waals surface area contributed by atoms with Gasteiger partial charge in [-0.2, -0.15) is 4.31 Å². The first-order chi connectivity index (χ1) is 13.5. The van der Waals surface area contributed by atoms with Crippen molar-refractivity contribution >= 4 is 44.8 Å². The first-order valence-corrected chi connectivity index (χ1v) is 10.7. The van der Waals surface area contributed by atoms with Gasteiger partial charge in [-0.05, 0) is 24.6 Å². The molecule has 0 radical (unpaired) electrons. The van der Waals surface area contributed by atoms with Crippen molar-refractivity contribution in [3.63, 3.8) is 0 Å². The number of nitrogens with one attached hydrogen (secondary N) is 1. The second-order valence-corrected chi connectivity index (χ2v) is 9.01. The van der Waals surface area contributed by atoms with Crippen LogP contribution in [0.15, 0.2) is 38.9 Å². The molecule has 0 atom stereocenters. The molecule has 12 heteroatoms. The molecule has 0 aliphatic rings. The highest BCUT2D eigenvalue weighted by Gasteiger charge is 2.30. The largest absolute Gasteiger partial charge is 0.330 e. The number of nitrogens with zero attached hydrogens (tertiary/aromatic N) is 3. The van der Waals surface area contributed by atoms with Crippen molar-refractivity contribution in [3.05, 3.63) is 55.3 Å². The molecular weight excluding hydrogens is 443 g/mol. The van der Waals surface area contributed by atoms with Crippen LogP contribution in [0.1, 0.15) is 13.3 Å². The fourth-order valence-electron chi connectivity index (χ4n) is 2.57. The van der Waals surface area contributed by atoms with Crippen molar-refractivity contribution in [1.29, 1.82) is 0 Å². The standard InChI is InChI=1S/C17H20Cl2N4O5S/c1-4-7-23(10-15(24)20-13-8-11(18)5-6-12(13)19)29(27,28)14-9-21(2)17(26)22(3)16(14)25/h5-6,8-9H,4,7,10H2,1-3H3,(H,20,24). The van der Waals surface area contributed by atoms with Crippen LogP contribution in [-0.4, -0.2) is 40.9 Å². The molecule has 2 aromatic rings. The zero-order valence-corrected chi connectivity index (χ0v) is 18.3. The summed E-state index contributed by atoms with van der Waals surface area (Å²) in [5, 5.41) is 3.09. The zero-order valence-electron chi connectivity index (χ0n) is 16.0. The smallest absolute Gasteiger partial charge is 0.324 e. The van der Waals surface area contributed by atoms with Gasteiger partial charge >= 0.3 is 5.69 Å². The van der Waals surface area contributed by atoms with E-state index in [0.717, 1.165) is 15.1 Å². The molecule has 0 saturated heterocycles. The average Bonchev–Trinajstić information content (AvgIpc) is 2.65. The number of hydrogen-bond acceptors (Lipinski definition) is 5. The van der Waals surface area contributed by atoms with Gasteiger partial charge in [0.05, 0.1) is 17.3 Å². The predicted molar refractivity (Wildman–Crippen MR) is 111 cm³/mol. The molecule has 1 heterocycles. The van der Waals surface area contributed by atoms with Crippen LogP contribution in [0.5, 0.6) is 0 Å². The fourth-order valence-corrected chi connectivity index (χ4v) is 4.54. The number of halogens is 2. The van der Waals surface area contributed by atoms with Gasteiger partial charge in [0.1, 0.15) is 0 Å². The molecular formula is C17H20Cl2N4O5S. The lowest BCUT2D eigenvalue weighted by Crippen LogP contribution is -2.44. The molecule has 0 spiro atoms. The molecule has 0 bridgehead atoms. The van der Waals surface area contributed by atoms with Gasteiger partial charge in [0.15, 0.2) is 4.90 Å². The summed E-state index contributed by atoms with van der Waals surface area (Å²) in [5.74, 6) is -0.659. The highest BCUT2D eigenvalue weighted by molar-refractivity contribution is 7.89. The van der Waals surface area contributed by atoms with Crippen molar-refractivity contribution < 1.29 is 13.2 Å². The number of carbonyl (C=O) groups excluding carboxylic acids is 1. The number of rotatable bonds is 7. The molecule has 0 saturated carbocycles. The molecule has 0 aliphatic carbocycles. The number of benzene rings is 1. The second-order valence-electron chi connectivity index (χ2n) is 6.26. The molecule has 1 aromatic carbocycles. The van der Waals surface area contributed by atoms with Crippen LogP contribution in [0, 0.1) is 0 Å². The first kappa shape index (κ1) is 23.1. The normalized spacial score (nSPS) is 11.7. The van der Waals surface area contributed by atoms with Crippen molar-refractivity contribution in [2.75, 3.05) is 18.4 Å². The Morgan fingerprint density at radius 1 is 1.21 bits per heavy atom. The highest BCUT2D eigenvalue weighted by atomic mass is 35.5. The first-order valence-electron chi connectivity index (χ1n) is 8.50. The SMILES string of the molecule is CCCN(CC(=O)Nc1cc(Cl)ccc1Cl)S(=O)(=O)c1cn(C)c(=O)n(C)c1=O. The Balaban J connectivity index is 2.38. The minimum absolute atomic E-state index is 0.00890. The summed E-state index contributed by atoms with van der Waals surface area (Å²) in [6, 6.07) is 4.47. The van der Waals surface area contributed by atoms with E-state index in [-0.39, 0.29) is 17.3 Å². The molecule has 1 aromatic heterocycles. The van der Waals surface area contributed by atoms with E-state index in [1.807, 2.05) is 0 Å². The molecule has 2 rings (SSSR count). The lowest BCUT2D eigenvalue weighted by Gasteiger charge is -2.21. The third-order valence-electron chi connectivity index (χ3n) is 4.03. The van der Waals surface area contributed by atoms with Gasteiger partial charge in [-0.3, -0.25) is 14.2 Å². The maximum atomic E-state index is 13.0. The number of anilines is 1. The van der Waals surface area contributed by atoms with E-state index in [1.165, 1.54) is 26.2 Å². The van der Waals surface area contributed by atoms with Crippen LogP contribution in [0.2, 0.25) is 10.0 Å². The van der Waals surface area contributed by atoms with Crippen LogP contribution in [0.4, 0.5) is 5.69 Å². The number of sulfonamides is 1. The van der Waals surface area contributed by atoms with Crippen molar-refractivity contribution in [1.82, 2.24) is 13.4 Å². The van der Waals surface area contributed by atoms with Crippen LogP contribution in [0.3, 0.4) is 0 Å². The molecule has 0 aliphatic heterocycles. The summed E-state index contributed by atoms with van der Waals surface area (Å²) >= 11 is 11.9. The molecule has 0 unspecified atom stereocenters. The molecule has 1 N–H and O–H groups in total. The van der Waals surface area contributed by atoms with Gasteiger partial charge in [-0.15, -0.1) is 0 Å². The molecule has 158 valence electrons. The number of amides is 1. The van der Waals surface area contributed by atoms with E-state index in [0.29, 0.717) is 16.0 Å². The molecule has 9 nitrogen and oxygen atoms in total. The Morgan fingerprint density at radius 3 is 2.48 bits per heavy atom. The van der Waals surface area contributed by atoms with E-state index in [9.17, 15) is 22.8 Å². The van der Waals surface area contributed by atoms with Gasteiger partial charge in [-0.1, -0.05) is 30.1 Å². The van der Waals surface area contributed by atoms with Crippen LogP contribution < -0.4 is 16.6 Å². The Bertz CT molecular complexity index is 1160. The van der Waals surface area contributed by atoms with E-state index in [1.54, 1.807) is 13.0 Å². The summed E-state index contributed by atoms with van der Waals surface area (Å²) in [5.41, 5.74) is -1.40. The Morgan fingerprint density at radius 2 is 1.86 bits per heavy atom. The molecule has 0 fully saturated rings. The minimum Gasteiger partial charge on any atom is -0.324 e. The molecule has 1 amide bonds. The minimum atomic E-state index is -4.34. The molecule has 29 heavy (non-hydrogen) atoms. The van der Waals surface area contributed by atoms with Gasteiger partial charge in [0.2, 0.25) is 5.91 Å². The lowest BCUT2D eigenvalue weighted by molar-refractivity contribution is -0.116. The van der Waals surface area contributed by atoms with E-state index in [4.69, 9.17) is 23.2 Å². The Hall–Kier alpha value is -2.14. The zero-order chi connectivity index (χ0) is 21.9. The Labute approximate surface area is 177 Å². The van der Waals surface area contributed by atoms with Gasteiger partial charge in [-0.25, -0.2) is 13.2 Å². The van der Waals surface area contributed by atoms with Crippen molar-refractivity contribution in [2.24, 2.45) is 14.1 Å². The maximum Gasteiger partial charge on any atom is 0.330 e. The summed E-state index contributed by atoms with van der Waals surface area (Å²) in [7, 11) is -1.83. The summed E-state index contributed by atoms with van der Waals surface area (Å²) in [4.78, 5) is 36.1. The number of carbonyl (C=O) groups is 1. The highest BCUT2D eigenvalue weighted by Crippen LogP contribution is 2.25. The lowest BCUT2D eigenvalue weighted by atomic mass is 10.3. The fraction of sp³-hybridized carbons (Fsp3) is 0.353. The number of aromatic nitrogens is 2. The van der Waals surface area contributed by atoms with Gasteiger partial charge in [0, 0.05) is 31.9 Å². The van der Waals surface area contributed by atoms with Crippen LogP contribution in [-0.2, 0) is 28.9 Å². The summed E-state index contributed by atoms with van der Waals surface area (Å²) < 4.78 is 28.6. The van der Waals surface area contributed by atoms with Crippen molar-refractivity contribution in [2.45, 2.75) is 18.2 Å². The Kier molecular flexibility index (Phi) is 7.28. The van der Waals surface area contributed by atoms with Crippen molar-refractivity contribution in [3.8, 4) is 0 Å². The topological polar surface area (TPSA) is 110 Å². The second kappa shape index (κ2) is 9.12. The monoisotopic (exact) mass is 462 g/mol. The summed E-state index contributed by atoms with van der Waals surface area (Å²) in [6.07, 6.45) is 1.35. The third-order valence-corrected chi connectivity index (χ3v) is 6.42. The third kappa shape index (κ3) is 5.08. The van der Waals surface area contributed by atoms with E-state index in [2.05, 4.69) is 5.32 Å². The number of hydrogen-bond donors (Lipinski definition) is 1. The van der Waals surface area contributed by atoms with Crippen LogP contribution in [0.25, 0.3) is 0 Å². The maximum absolute atomic E-state index is 13.0. The van der Waals surface area contributed by atoms with Gasteiger partial charge in [0.25, 0.3) is 15.6 Å².